The predicted molar refractivity (Wildman–Crippen MR) is 139 cm³/mol. The van der Waals surface area contributed by atoms with Crippen LogP contribution < -0.4 is 4.74 Å². The van der Waals surface area contributed by atoms with Crippen LogP contribution in [-0.4, -0.2) is 23.9 Å². The van der Waals surface area contributed by atoms with Gasteiger partial charge in [-0.15, -0.1) is 11.8 Å². The van der Waals surface area contributed by atoms with E-state index in [-0.39, 0.29) is 23.4 Å². The molecule has 1 aromatic heterocycles. The van der Waals surface area contributed by atoms with Crippen molar-refractivity contribution in [3.8, 4) is 17.6 Å². The summed E-state index contributed by atoms with van der Waals surface area (Å²) in [7, 11) is 0. The molecule has 2 aromatic rings. The summed E-state index contributed by atoms with van der Waals surface area (Å²) in [5.74, 6) is 9.36. The highest BCUT2D eigenvalue weighted by Crippen LogP contribution is 2.46. The van der Waals surface area contributed by atoms with E-state index in [1.54, 1.807) is 13.0 Å². The van der Waals surface area contributed by atoms with E-state index in [1.807, 2.05) is 17.8 Å². The van der Waals surface area contributed by atoms with Gasteiger partial charge in [-0.25, -0.2) is 0 Å². The second kappa shape index (κ2) is 11.4. The highest BCUT2D eigenvalue weighted by atomic mass is 32.2. The molecule has 2 heterocycles. The minimum atomic E-state index is -0.294. The average molecular weight is 483 g/mol. The molecule has 1 aliphatic rings. The number of rotatable bonds is 9. The van der Waals surface area contributed by atoms with Crippen LogP contribution in [0.2, 0.25) is 0 Å². The van der Waals surface area contributed by atoms with Crippen molar-refractivity contribution in [1.29, 1.82) is 0 Å². The van der Waals surface area contributed by atoms with Gasteiger partial charge in [-0.1, -0.05) is 46.0 Å². The molecular weight excluding hydrogens is 444 g/mol. The number of fused-ring (bicyclic) bond motifs is 1. The van der Waals surface area contributed by atoms with E-state index in [1.165, 1.54) is 31.2 Å². The number of thioether (sulfide) groups is 1. The van der Waals surface area contributed by atoms with Crippen molar-refractivity contribution in [2.75, 3.05) is 12.4 Å². The van der Waals surface area contributed by atoms with Gasteiger partial charge in [-0.2, -0.15) is 0 Å². The Morgan fingerprint density at radius 3 is 2.62 bits per heavy atom. The zero-order valence-electron chi connectivity index (χ0n) is 21.5. The van der Waals surface area contributed by atoms with Crippen molar-refractivity contribution < 1.29 is 18.7 Å². The summed E-state index contributed by atoms with van der Waals surface area (Å²) in [6, 6.07) is 7.98. The smallest absolute Gasteiger partial charge is 0.313 e. The summed E-state index contributed by atoms with van der Waals surface area (Å²) in [6.45, 7) is 13.3. The van der Waals surface area contributed by atoms with Crippen molar-refractivity contribution >= 4 is 17.7 Å². The molecular formula is C29H38O4S. The maximum atomic E-state index is 11.7. The predicted octanol–water partition coefficient (Wildman–Crippen LogP) is 7.30. The van der Waals surface area contributed by atoms with Crippen LogP contribution in [0.5, 0.6) is 5.75 Å². The number of hydrogen-bond acceptors (Lipinski definition) is 5. The second-order valence-corrected chi connectivity index (χ2v) is 11.3. The van der Waals surface area contributed by atoms with E-state index >= 15 is 0 Å². The Hall–Kier alpha value is -2.32. The lowest BCUT2D eigenvalue weighted by Crippen LogP contribution is -2.41. The molecule has 0 bridgehead atoms. The van der Waals surface area contributed by atoms with Crippen LogP contribution in [0.3, 0.4) is 0 Å². The third-order valence-corrected chi connectivity index (χ3v) is 7.07. The summed E-state index contributed by atoms with van der Waals surface area (Å²) in [5, 5.41) is 0. The quantitative estimate of drug-likeness (QED) is 0.162. The topological polar surface area (TPSA) is 48.7 Å². The van der Waals surface area contributed by atoms with Crippen molar-refractivity contribution in [3.05, 3.63) is 46.9 Å². The van der Waals surface area contributed by atoms with Gasteiger partial charge in [0.15, 0.2) is 5.76 Å². The average Bonchev–Trinajstić information content (AvgIpc) is 3.18. The van der Waals surface area contributed by atoms with Gasteiger partial charge in [0, 0.05) is 16.0 Å². The van der Waals surface area contributed by atoms with Gasteiger partial charge in [-0.05, 0) is 75.0 Å². The fraction of sp³-hybridized carbons (Fsp3) is 0.552. The van der Waals surface area contributed by atoms with Crippen LogP contribution in [0, 0.1) is 11.8 Å². The second-order valence-electron chi connectivity index (χ2n) is 10.2. The minimum Gasteiger partial charge on any atom is -0.487 e. The lowest BCUT2D eigenvalue weighted by atomic mass is 9.73. The fourth-order valence-corrected chi connectivity index (χ4v) is 5.64. The van der Waals surface area contributed by atoms with E-state index in [0.717, 1.165) is 28.4 Å². The first-order chi connectivity index (χ1) is 16.1. The van der Waals surface area contributed by atoms with Crippen LogP contribution >= 0.6 is 11.8 Å². The van der Waals surface area contributed by atoms with Crippen molar-refractivity contribution in [3.63, 3.8) is 0 Å². The lowest BCUT2D eigenvalue weighted by molar-refractivity contribution is -0.142. The Bertz CT molecular complexity index is 1050. The molecule has 0 saturated carbocycles. The summed E-state index contributed by atoms with van der Waals surface area (Å²) in [4.78, 5) is 12.9. The molecule has 0 spiro atoms. The van der Waals surface area contributed by atoms with Gasteiger partial charge in [0.1, 0.15) is 23.5 Å². The molecule has 0 N–H and O–H groups in total. The largest absolute Gasteiger partial charge is 0.487 e. The van der Waals surface area contributed by atoms with Gasteiger partial charge in [0.25, 0.3) is 0 Å². The molecule has 0 atom stereocenters. The minimum absolute atomic E-state index is 0.00464. The monoisotopic (exact) mass is 482 g/mol. The molecule has 0 fully saturated rings. The van der Waals surface area contributed by atoms with Crippen LogP contribution in [0.4, 0.5) is 0 Å². The first-order valence-electron chi connectivity index (χ1n) is 12.4. The third kappa shape index (κ3) is 7.09. The van der Waals surface area contributed by atoms with E-state index in [4.69, 9.17) is 13.9 Å². The normalized spacial score (nSPS) is 15.6. The maximum Gasteiger partial charge on any atom is 0.313 e. The summed E-state index contributed by atoms with van der Waals surface area (Å²) >= 11 is 1.85. The Kier molecular flexibility index (Phi) is 8.82. The number of esters is 1. The van der Waals surface area contributed by atoms with E-state index in [9.17, 15) is 4.79 Å². The zero-order chi connectivity index (χ0) is 24.8. The Balaban J connectivity index is 1.88. The fourth-order valence-electron chi connectivity index (χ4n) is 4.62. The van der Waals surface area contributed by atoms with Crippen LogP contribution in [0.1, 0.15) is 96.3 Å². The first kappa shape index (κ1) is 26.3. The van der Waals surface area contributed by atoms with E-state index in [0.29, 0.717) is 18.1 Å². The zero-order valence-corrected chi connectivity index (χ0v) is 22.3. The molecule has 1 aromatic carbocycles. The van der Waals surface area contributed by atoms with E-state index < -0.39 is 0 Å². The molecule has 184 valence electrons. The van der Waals surface area contributed by atoms with Crippen LogP contribution in [0.25, 0.3) is 0 Å². The molecule has 0 saturated heterocycles. The molecule has 5 heteroatoms. The van der Waals surface area contributed by atoms with Gasteiger partial charge < -0.3 is 13.9 Å². The van der Waals surface area contributed by atoms with Crippen molar-refractivity contribution in [2.24, 2.45) is 0 Å². The van der Waals surface area contributed by atoms with Gasteiger partial charge in [-0.3, -0.25) is 4.79 Å². The molecule has 0 radical (unpaired) electrons. The molecule has 1 aliphatic heterocycles. The highest BCUT2D eigenvalue weighted by molar-refractivity contribution is 7.99. The lowest BCUT2D eigenvalue weighted by Gasteiger charge is -2.42. The standard InChI is InChI=1S/C29H38O4S/c1-7-9-10-11-16-34-26-19-25-24(28(3,4)20-29(5,6)33-25)17-21(26)12-13-22-14-15-23(32-22)18-27(30)31-8-2/h14-15,17,19H,7-11,16,18,20H2,1-6H3. The molecule has 0 unspecified atom stereocenters. The SMILES string of the molecule is CCCCCCSc1cc2c(cc1C#Cc1ccc(CC(=O)OCC)o1)C(C)(C)CC(C)(C)O2. The molecule has 4 nitrogen and oxygen atoms in total. The number of carbonyl (C=O) groups excluding carboxylic acids is 1. The summed E-state index contributed by atoms with van der Waals surface area (Å²) in [6.07, 6.45) is 6.01. The van der Waals surface area contributed by atoms with E-state index in [2.05, 4.69) is 58.6 Å². The Morgan fingerprint density at radius 2 is 1.88 bits per heavy atom. The number of unbranched alkanes of at least 4 members (excludes halogenated alkanes) is 3. The molecule has 34 heavy (non-hydrogen) atoms. The van der Waals surface area contributed by atoms with Crippen molar-refractivity contribution in [1.82, 2.24) is 0 Å². The number of ether oxygens (including phenoxy) is 2. The third-order valence-electron chi connectivity index (χ3n) is 5.93. The number of carbonyl (C=O) groups is 1. The molecule has 3 rings (SSSR count). The number of benzene rings is 1. The number of furan rings is 1. The number of hydrogen-bond donors (Lipinski definition) is 0. The van der Waals surface area contributed by atoms with Gasteiger partial charge in [0.2, 0.25) is 0 Å². The summed E-state index contributed by atoms with van der Waals surface area (Å²) in [5.41, 5.74) is 2.00. The molecule has 0 aliphatic carbocycles. The van der Waals surface area contributed by atoms with Crippen LogP contribution in [-0.2, 0) is 21.4 Å². The summed E-state index contributed by atoms with van der Waals surface area (Å²) < 4.78 is 17.2. The molecule has 0 amide bonds. The van der Waals surface area contributed by atoms with Crippen LogP contribution in [0.15, 0.2) is 33.6 Å². The Morgan fingerprint density at radius 1 is 1.09 bits per heavy atom. The van der Waals surface area contributed by atoms with Gasteiger partial charge >= 0.3 is 5.97 Å². The maximum absolute atomic E-state index is 11.7. The Labute approximate surface area is 209 Å². The first-order valence-corrected chi connectivity index (χ1v) is 13.4. The van der Waals surface area contributed by atoms with Crippen molar-refractivity contribution in [2.45, 2.75) is 96.0 Å². The highest BCUT2D eigenvalue weighted by Gasteiger charge is 2.39. The van der Waals surface area contributed by atoms with Gasteiger partial charge in [0.05, 0.1) is 6.61 Å².